The van der Waals surface area contributed by atoms with Crippen LogP contribution in [0.3, 0.4) is 0 Å². The molecule has 2 atom stereocenters. The average molecular weight is 543 g/mol. The van der Waals surface area contributed by atoms with Crippen molar-refractivity contribution in [1.29, 1.82) is 0 Å². The maximum atomic E-state index is 13.0. The predicted octanol–water partition coefficient (Wildman–Crippen LogP) is 5.38. The molecule has 3 heterocycles. The van der Waals surface area contributed by atoms with E-state index in [9.17, 15) is 13.5 Å². The van der Waals surface area contributed by atoms with E-state index in [0.29, 0.717) is 30.0 Å². The number of anilines is 1. The van der Waals surface area contributed by atoms with Gasteiger partial charge < -0.3 is 10.8 Å². The lowest BCUT2D eigenvalue weighted by Gasteiger charge is -2.22. The number of nitrogens with zero attached hydrogens (tertiary/aromatic N) is 2. The highest BCUT2D eigenvalue weighted by Gasteiger charge is 2.38. The summed E-state index contributed by atoms with van der Waals surface area (Å²) in [5.41, 5.74) is 7.76. The van der Waals surface area contributed by atoms with Gasteiger partial charge in [-0.2, -0.15) is 0 Å². The fourth-order valence-electron chi connectivity index (χ4n) is 4.11. The number of aliphatic hydroxyl groups is 1. The third-order valence-electron chi connectivity index (χ3n) is 6.61. The van der Waals surface area contributed by atoms with Crippen LogP contribution in [0.25, 0.3) is 21.3 Å². The second-order valence-electron chi connectivity index (χ2n) is 9.33. The molecular weight excluding hydrogens is 516 g/mol. The molecule has 3 aromatic heterocycles. The Balaban J connectivity index is 1.64. The molecule has 1 aromatic carbocycles. The van der Waals surface area contributed by atoms with Crippen molar-refractivity contribution in [3.8, 4) is 11.3 Å². The van der Waals surface area contributed by atoms with E-state index in [2.05, 4.69) is 14.7 Å². The minimum atomic E-state index is -3.56. The standard InChI is InChI=1S/C26H27ClN4O3S2/c1-3-26(2,32)16-11-12-29-20(14-16)18-6-4-5-15-13-21(35-25(15)18)24(31-36(33,34)17-7-8-17)23-19(27)9-10-22(28)30-23/h4-6,9-14,17,24,31-32H,3,7-8H2,1-2H3,(H2,28,30). The van der Waals surface area contributed by atoms with Crippen molar-refractivity contribution in [2.75, 3.05) is 5.73 Å². The number of hydrogen-bond acceptors (Lipinski definition) is 7. The summed E-state index contributed by atoms with van der Waals surface area (Å²) in [6.45, 7) is 3.72. The van der Waals surface area contributed by atoms with Gasteiger partial charge in [0.2, 0.25) is 10.0 Å². The maximum Gasteiger partial charge on any atom is 0.215 e. The van der Waals surface area contributed by atoms with Gasteiger partial charge >= 0.3 is 0 Å². The van der Waals surface area contributed by atoms with Crippen LogP contribution in [0.4, 0.5) is 5.82 Å². The second-order valence-corrected chi connectivity index (χ2v) is 12.8. The Bertz CT molecular complexity index is 1550. The topological polar surface area (TPSA) is 118 Å². The van der Waals surface area contributed by atoms with Crippen molar-refractivity contribution in [1.82, 2.24) is 14.7 Å². The quantitative estimate of drug-likeness (QED) is 0.275. The Kier molecular flexibility index (Phi) is 6.55. The van der Waals surface area contributed by atoms with Crippen LogP contribution in [0.15, 0.2) is 54.7 Å². The number of thiophene rings is 1. The Morgan fingerprint density at radius 3 is 2.75 bits per heavy atom. The minimum Gasteiger partial charge on any atom is -0.385 e. The lowest BCUT2D eigenvalue weighted by molar-refractivity contribution is 0.0530. The summed E-state index contributed by atoms with van der Waals surface area (Å²) < 4.78 is 29.7. The molecule has 5 rings (SSSR count). The largest absolute Gasteiger partial charge is 0.385 e. The van der Waals surface area contributed by atoms with Gasteiger partial charge in [0.15, 0.2) is 0 Å². The molecular formula is C26H27ClN4O3S2. The van der Waals surface area contributed by atoms with Gasteiger partial charge in [0.1, 0.15) is 5.82 Å². The van der Waals surface area contributed by atoms with Crippen molar-refractivity contribution in [3.05, 3.63) is 75.9 Å². The molecule has 0 amide bonds. The molecule has 1 aliphatic rings. The predicted molar refractivity (Wildman–Crippen MR) is 145 cm³/mol. The number of rotatable bonds is 8. The van der Waals surface area contributed by atoms with Gasteiger partial charge in [-0.1, -0.05) is 36.7 Å². The van der Waals surface area contributed by atoms with Crippen LogP contribution in [0, 0.1) is 0 Å². The molecule has 1 aliphatic carbocycles. The van der Waals surface area contributed by atoms with Crippen LogP contribution < -0.4 is 10.5 Å². The number of hydrogen-bond donors (Lipinski definition) is 3. The first-order valence-electron chi connectivity index (χ1n) is 11.7. The Morgan fingerprint density at radius 2 is 2.03 bits per heavy atom. The first-order chi connectivity index (χ1) is 17.1. The zero-order chi connectivity index (χ0) is 25.7. The molecule has 4 N–H and O–H groups in total. The summed E-state index contributed by atoms with van der Waals surface area (Å²) in [4.78, 5) is 9.72. The fourth-order valence-corrected chi connectivity index (χ4v) is 7.15. The molecule has 2 unspecified atom stereocenters. The minimum absolute atomic E-state index is 0.260. The summed E-state index contributed by atoms with van der Waals surface area (Å²) in [5.74, 6) is 0.260. The lowest BCUT2D eigenvalue weighted by atomic mass is 9.93. The first-order valence-corrected chi connectivity index (χ1v) is 14.5. The Hall–Kier alpha value is -2.56. The molecule has 0 spiro atoms. The van der Waals surface area contributed by atoms with E-state index in [1.54, 1.807) is 25.3 Å². The van der Waals surface area contributed by atoms with Gasteiger partial charge in [0, 0.05) is 21.3 Å². The van der Waals surface area contributed by atoms with E-state index in [4.69, 9.17) is 17.3 Å². The third-order valence-corrected chi connectivity index (χ3v) is 10.1. The smallest absolute Gasteiger partial charge is 0.215 e. The molecule has 0 bridgehead atoms. The lowest BCUT2D eigenvalue weighted by Crippen LogP contribution is -2.32. The van der Waals surface area contributed by atoms with Crippen LogP contribution >= 0.6 is 22.9 Å². The number of nitrogen functional groups attached to an aromatic ring is 1. The highest BCUT2D eigenvalue weighted by Crippen LogP contribution is 2.41. The number of pyridine rings is 2. The highest BCUT2D eigenvalue weighted by atomic mass is 35.5. The Morgan fingerprint density at radius 1 is 1.25 bits per heavy atom. The fraction of sp³-hybridized carbons (Fsp3) is 0.308. The van der Waals surface area contributed by atoms with Crippen molar-refractivity contribution in [2.24, 2.45) is 0 Å². The van der Waals surface area contributed by atoms with Crippen molar-refractivity contribution in [3.63, 3.8) is 0 Å². The number of sulfonamides is 1. The molecule has 36 heavy (non-hydrogen) atoms. The van der Waals surface area contributed by atoms with Crippen LogP contribution in [-0.2, 0) is 15.6 Å². The van der Waals surface area contributed by atoms with Gasteiger partial charge in [-0.3, -0.25) is 4.98 Å². The van der Waals surface area contributed by atoms with Gasteiger partial charge in [-0.25, -0.2) is 18.1 Å². The van der Waals surface area contributed by atoms with Crippen LogP contribution in [0.1, 0.15) is 55.3 Å². The summed E-state index contributed by atoms with van der Waals surface area (Å²) in [5, 5.41) is 11.6. The number of fused-ring (bicyclic) bond motifs is 1. The third kappa shape index (κ3) is 4.86. The summed E-state index contributed by atoms with van der Waals surface area (Å²) >= 11 is 7.94. The van der Waals surface area contributed by atoms with Crippen LogP contribution in [-0.4, -0.2) is 28.7 Å². The molecule has 0 saturated heterocycles. The maximum absolute atomic E-state index is 13.0. The first kappa shape index (κ1) is 25.1. The Labute approximate surface area is 219 Å². The molecule has 0 radical (unpaired) electrons. The number of benzene rings is 1. The van der Waals surface area contributed by atoms with E-state index >= 15 is 0 Å². The van der Waals surface area contributed by atoms with Gasteiger partial charge in [-0.15, -0.1) is 11.3 Å². The normalized spacial score (nSPS) is 16.7. The molecule has 188 valence electrons. The second kappa shape index (κ2) is 9.39. The van der Waals surface area contributed by atoms with E-state index < -0.39 is 26.9 Å². The van der Waals surface area contributed by atoms with Gasteiger partial charge in [0.25, 0.3) is 0 Å². The number of aromatic nitrogens is 2. The van der Waals surface area contributed by atoms with Crippen molar-refractivity contribution >= 4 is 48.9 Å². The number of nitrogens with one attached hydrogen (secondary N) is 1. The van der Waals surface area contributed by atoms with E-state index in [1.807, 2.05) is 43.3 Å². The monoisotopic (exact) mass is 542 g/mol. The molecule has 4 aromatic rings. The summed E-state index contributed by atoms with van der Waals surface area (Å²) in [6, 6.07) is 14.0. The molecule has 10 heteroatoms. The van der Waals surface area contributed by atoms with Gasteiger partial charge in [0.05, 0.1) is 33.3 Å². The van der Waals surface area contributed by atoms with Crippen LogP contribution in [0.2, 0.25) is 5.02 Å². The summed E-state index contributed by atoms with van der Waals surface area (Å²) in [6.07, 6.45) is 3.55. The molecule has 1 fully saturated rings. The number of nitrogens with two attached hydrogens (primary N) is 1. The van der Waals surface area contributed by atoms with E-state index in [-0.39, 0.29) is 5.82 Å². The highest BCUT2D eigenvalue weighted by molar-refractivity contribution is 7.90. The number of halogens is 1. The van der Waals surface area contributed by atoms with Crippen LogP contribution in [0.5, 0.6) is 0 Å². The van der Waals surface area contributed by atoms with Crippen molar-refractivity contribution in [2.45, 2.75) is 50.0 Å². The molecule has 7 nitrogen and oxygen atoms in total. The van der Waals surface area contributed by atoms with Gasteiger partial charge in [-0.05, 0) is 67.5 Å². The zero-order valence-corrected chi connectivity index (χ0v) is 22.3. The average Bonchev–Trinajstić information content (AvgIpc) is 3.64. The SMILES string of the molecule is CCC(C)(O)c1ccnc(-c2cccc3cc(C(NS(=O)(=O)C4CC4)c4nc(N)ccc4Cl)sc23)c1. The zero-order valence-electron chi connectivity index (χ0n) is 19.9. The molecule has 1 saturated carbocycles. The van der Waals surface area contributed by atoms with E-state index in [0.717, 1.165) is 31.8 Å². The summed E-state index contributed by atoms with van der Waals surface area (Å²) in [7, 11) is -3.56. The molecule has 0 aliphatic heterocycles. The van der Waals surface area contributed by atoms with Crippen molar-refractivity contribution < 1.29 is 13.5 Å². The van der Waals surface area contributed by atoms with E-state index in [1.165, 1.54) is 11.3 Å².